The third kappa shape index (κ3) is 2.88. The lowest BCUT2D eigenvalue weighted by molar-refractivity contribution is -0.0645. The molecule has 0 radical (unpaired) electrons. The van der Waals surface area contributed by atoms with E-state index in [1.54, 1.807) is 0 Å². The van der Waals surface area contributed by atoms with Crippen molar-refractivity contribution >= 4 is 6.09 Å². The van der Waals surface area contributed by atoms with E-state index >= 15 is 0 Å². The monoisotopic (exact) mass is 290 g/mol. The standard InChI is InChI=1S/C17H26N2O2/c1-16(2,3)21-15(20)19-14(10-18)17-7-11-4-12(8-17)6-13(5-11)9-17/h11-14H,4-9H2,1-3H3,(H,19,20). The van der Waals surface area contributed by atoms with Crippen LogP contribution in [0.25, 0.3) is 0 Å². The number of nitriles is 1. The lowest BCUT2D eigenvalue weighted by atomic mass is 9.48. The van der Waals surface area contributed by atoms with Gasteiger partial charge in [-0.25, -0.2) is 4.79 Å². The fraction of sp³-hybridized carbons (Fsp3) is 0.882. The van der Waals surface area contributed by atoms with Gasteiger partial charge >= 0.3 is 6.09 Å². The van der Waals surface area contributed by atoms with Gasteiger partial charge in [-0.3, -0.25) is 0 Å². The summed E-state index contributed by atoms with van der Waals surface area (Å²) in [5.41, 5.74) is -0.522. The molecule has 1 unspecified atom stereocenters. The van der Waals surface area contributed by atoms with Crippen molar-refractivity contribution in [2.45, 2.75) is 70.9 Å². The van der Waals surface area contributed by atoms with Crippen molar-refractivity contribution in [1.29, 1.82) is 5.26 Å². The molecule has 0 aromatic carbocycles. The van der Waals surface area contributed by atoms with Gasteiger partial charge in [0.1, 0.15) is 11.6 Å². The number of hydrogen-bond acceptors (Lipinski definition) is 3. The molecule has 4 fully saturated rings. The summed E-state index contributed by atoms with van der Waals surface area (Å²) in [6, 6.07) is 1.96. The molecule has 4 aliphatic carbocycles. The van der Waals surface area contributed by atoms with Crippen molar-refractivity contribution in [2.24, 2.45) is 23.2 Å². The molecule has 0 aliphatic heterocycles. The maximum atomic E-state index is 12.0. The second kappa shape index (κ2) is 4.90. The largest absolute Gasteiger partial charge is 0.444 e. The second-order valence-electron chi connectivity index (χ2n) is 8.49. The van der Waals surface area contributed by atoms with E-state index in [2.05, 4.69) is 11.4 Å². The molecule has 1 atom stereocenters. The van der Waals surface area contributed by atoms with Crippen LogP contribution in [-0.2, 0) is 4.74 Å². The van der Waals surface area contributed by atoms with E-state index in [9.17, 15) is 10.1 Å². The molecule has 0 aromatic rings. The fourth-order valence-electron chi connectivity index (χ4n) is 5.28. The predicted molar refractivity (Wildman–Crippen MR) is 79.4 cm³/mol. The van der Waals surface area contributed by atoms with Gasteiger partial charge in [0.05, 0.1) is 6.07 Å². The first-order valence-electron chi connectivity index (χ1n) is 8.19. The van der Waals surface area contributed by atoms with E-state index in [0.717, 1.165) is 37.0 Å². The van der Waals surface area contributed by atoms with E-state index in [1.807, 2.05) is 20.8 Å². The van der Waals surface area contributed by atoms with Gasteiger partial charge < -0.3 is 10.1 Å². The van der Waals surface area contributed by atoms with Crippen molar-refractivity contribution in [2.75, 3.05) is 0 Å². The number of rotatable bonds is 2. The lowest BCUT2D eigenvalue weighted by Gasteiger charge is -2.58. The molecule has 21 heavy (non-hydrogen) atoms. The van der Waals surface area contributed by atoms with Crippen LogP contribution in [0.15, 0.2) is 0 Å². The number of carbonyl (C=O) groups excluding carboxylic acids is 1. The Kier molecular flexibility index (Phi) is 3.43. The number of carbonyl (C=O) groups is 1. The molecule has 1 N–H and O–H groups in total. The summed E-state index contributed by atoms with van der Waals surface area (Å²) in [7, 11) is 0. The number of ether oxygens (including phenoxy) is 1. The van der Waals surface area contributed by atoms with Gasteiger partial charge in [-0.1, -0.05) is 0 Å². The first kappa shape index (κ1) is 14.7. The summed E-state index contributed by atoms with van der Waals surface area (Å²) < 4.78 is 5.33. The van der Waals surface area contributed by atoms with Crippen LogP contribution in [0.4, 0.5) is 4.79 Å². The van der Waals surface area contributed by atoms with Gasteiger partial charge in [0, 0.05) is 5.41 Å². The summed E-state index contributed by atoms with van der Waals surface area (Å²) in [5, 5.41) is 12.5. The Morgan fingerprint density at radius 1 is 1.19 bits per heavy atom. The van der Waals surface area contributed by atoms with Gasteiger partial charge in [-0.15, -0.1) is 0 Å². The predicted octanol–water partition coefficient (Wildman–Crippen LogP) is 3.62. The zero-order valence-electron chi connectivity index (χ0n) is 13.3. The first-order chi connectivity index (χ1) is 9.79. The van der Waals surface area contributed by atoms with Crippen LogP contribution in [-0.4, -0.2) is 17.7 Å². The molecule has 0 aromatic heterocycles. The molecule has 116 valence electrons. The summed E-state index contributed by atoms with van der Waals surface area (Å²) in [6.07, 6.45) is 6.87. The highest BCUT2D eigenvalue weighted by molar-refractivity contribution is 5.68. The Labute approximate surface area is 127 Å². The van der Waals surface area contributed by atoms with Crippen molar-refractivity contribution in [3.05, 3.63) is 0 Å². The minimum Gasteiger partial charge on any atom is -0.444 e. The molecule has 4 nitrogen and oxygen atoms in total. The fourth-order valence-corrected chi connectivity index (χ4v) is 5.28. The van der Waals surface area contributed by atoms with E-state index in [-0.39, 0.29) is 5.41 Å². The van der Waals surface area contributed by atoms with Crippen LogP contribution < -0.4 is 5.32 Å². The van der Waals surface area contributed by atoms with Gasteiger partial charge in [-0.2, -0.15) is 5.26 Å². The van der Waals surface area contributed by atoms with Crippen molar-refractivity contribution < 1.29 is 9.53 Å². The molecule has 1 amide bonds. The van der Waals surface area contributed by atoms with Crippen LogP contribution in [0.1, 0.15) is 59.3 Å². The molecular formula is C17H26N2O2. The zero-order chi connectivity index (χ0) is 15.3. The highest BCUT2D eigenvalue weighted by atomic mass is 16.6. The Morgan fingerprint density at radius 2 is 1.67 bits per heavy atom. The van der Waals surface area contributed by atoms with Crippen LogP contribution >= 0.6 is 0 Å². The van der Waals surface area contributed by atoms with E-state index in [4.69, 9.17) is 4.74 Å². The molecular weight excluding hydrogens is 264 g/mol. The summed E-state index contributed by atoms with van der Waals surface area (Å²) in [6.45, 7) is 5.54. The summed E-state index contributed by atoms with van der Waals surface area (Å²) in [4.78, 5) is 12.0. The van der Waals surface area contributed by atoms with Crippen molar-refractivity contribution in [1.82, 2.24) is 5.32 Å². The van der Waals surface area contributed by atoms with Crippen molar-refractivity contribution in [3.63, 3.8) is 0 Å². The molecule has 4 heteroatoms. The smallest absolute Gasteiger partial charge is 0.408 e. The third-order valence-corrected chi connectivity index (χ3v) is 5.49. The number of hydrogen-bond donors (Lipinski definition) is 1. The normalized spacial score (nSPS) is 38.7. The topological polar surface area (TPSA) is 62.1 Å². The van der Waals surface area contributed by atoms with Crippen LogP contribution in [0.5, 0.6) is 0 Å². The van der Waals surface area contributed by atoms with Gasteiger partial charge in [0.15, 0.2) is 0 Å². The van der Waals surface area contributed by atoms with Crippen molar-refractivity contribution in [3.8, 4) is 6.07 Å². The Balaban J connectivity index is 1.72. The van der Waals surface area contributed by atoms with Crippen LogP contribution in [0.3, 0.4) is 0 Å². The number of nitrogens with one attached hydrogen (secondary N) is 1. The highest BCUT2D eigenvalue weighted by Crippen LogP contribution is 2.61. The average molecular weight is 290 g/mol. The maximum absolute atomic E-state index is 12.0. The molecule has 0 spiro atoms. The zero-order valence-corrected chi connectivity index (χ0v) is 13.3. The average Bonchev–Trinajstić information content (AvgIpc) is 2.31. The Hall–Kier alpha value is -1.24. The van der Waals surface area contributed by atoms with E-state index in [1.165, 1.54) is 19.3 Å². The van der Waals surface area contributed by atoms with Crippen LogP contribution in [0.2, 0.25) is 0 Å². The summed E-state index contributed by atoms with van der Waals surface area (Å²) in [5.74, 6) is 2.31. The Bertz CT molecular complexity index is 437. The number of alkyl carbamates (subject to hydrolysis) is 1. The number of nitrogens with zero attached hydrogens (tertiary/aromatic N) is 1. The van der Waals surface area contributed by atoms with Gasteiger partial charge in [-0.05, 0) is 77.0 Å². The molecule has 4 aliphatic rings. The first-order valence-corrected chi connectivity index (χ1v) is 8.19. The SMILES string of the molecule is CC(C)(C)OC(=O)NC(C#N)C12CC3CC(CC(C3)C1)C2. The molecule has 0 saturated heterocycles. The van der Waals surface area contributed by atoms with E-state index in [0.29, 0.717) is 0 Å². The molecule has 0 heterocycles. The molecule has 4 rings (SSSR count). The molecule has 4 saturated carbocycles. The minimum absolute atomic E-state index is 0.000401. The molecule has 4 bridgehead atoms. The Morgan fingerprint density at radius 3 is 2.05 bits per heavy atom. The van der Waals surface area contributed by atoms with Gasteiger partial charge in [0.25, 0.3) is 0 Å². The minimum atomic E-state index is -0.522. The van der Waals surface area contributed by atoms with E-state index < -0.39 is 17.7 Å². The quantitative estimate of drug-likeness (QED) is 0.845. The van der Waals surface area contributed by atoms with Gasteiger partial charge in [0.2, 0.25) is 0 Å². The number of amides is 1. The van der Waals surface area contributed by atoms with Crippen LogP contribution in [0, 0.1) is 34.5 Å². The maximum Gasteiger partial charge on any atom is 0.408 e. The lowest BCUT2D eigenvalue weighted by Crippen LogP contribution is -2.56. The highest BCUT2D eigenvalue weighted by Gasteiger charge is 2.55. The summed E-state index contributed by atoms with van der Waals surface area (Å²) >= 11 is 0. The third-order valence-electron chi connectivity index (χ3n) is 5.49. The second-order valence-corrected chi connectivity index (χ2v) is 8.49.